The Bertz CT molecular complexity index is 641. The number of fused-ring (bicyclic) bond motifs is 1. The highest BCUT2D eigenvalue weighted by Crippen LogP contribution is 2.06. The van der Waals surface area contributed by atoms with Crippen molar-refractivity contribution >= 4 is 11.5 Å². The van der Waals surface area contributed by atoms with Crippen LogP contribution in [0.2, 0.25) is 0 Å². The molecule has 0 aliphatic carbocycles. The topological polar surface area (TPSA) is 89.5 Å². The first-order valence-corrected chi connectivity index (χ1v) is 5.20. The highest BCUT2D eigenvalue weighted by atomic mass is 16.4. The van der Waals surface area contributed by atoms with Gasteiger partial charge < -0.3 is 5.11 Å². The van der Waals surface area contributed by atoms with Crippen molar-refractivity contribution in [2.75, 3.05) is 0 Å². The number of aromatic nitrogens is 4. The first-order chi connectivity index (χ1) is 8.04. The molecule has 0 spiro atoms. The van der Waals surface area contributed by atoms with Gasteiger partial charge in [0.1, 0.15) is 18.7 Å². The van der Waals surface area contributed by atoms with Gasteiger partial charge in [-0.15, -0.1) is 0 Å². The number of hydrogen-bond acceptors (Lipinski definition) is 4. The van der Waals surface area contributed by atoms with E-state index in [1.807, 2.05) is 6.92 Å². The molecular weight excluding hydrogens is 224 g/mol. The summed E-state index contributed by atoms with van der Waals surface area (Å²) in [5, 5.41) is 12.7. The van der Waals surface area contributed by atoms with Gasteiger partial charge in [0.05, 0.1) is 5.69 Å². The fourth-order valence-electron chi connectivity index (χ4n) is 1.74. The lowest BCUT2D eigenvalue weighted by Crippen LogP contribution is -2.26. The summed E-state index contributed by atoms with van der Waals surface area (Å²) in [6.07, 6.45) is 1.88. The molecule has 0 atom stereocenters. The van der Waals surface area contributed by atoms with Crippen molar-refractivity contribution in [3.63, 3.8) is 0 Å². The number of carboxylic acids is 1. The second-order valence-corrected chi connectivity index (χ2v) is 3.69. The fourth-order valence-corrected chi connectivity index (χ4v) is 1.74. The van der Waals surface area contributed by atoms with E-state index < -0.39 is 12.5 Å². The van der Waals surface area contributed by atoms with Gasteiger partial charge in [-0.1, -0.05) is 6.92 Å². The maximum absolute atomic E-state index is 12.0. The molecule has 2 rings (SSSR count). The number of carboxylic acid groups (broad SMARTS) is 1. The van der Waals surface area contributed by atoms with Crippen LogP contribution in [0.15, 0.2) is 11.1 Å². The number of rotatable bonds is 3. The Balaban J connectivity index is 2.71. The molecule has 0 aliphatic heterocycles. The maximum atomic E-state index is 12.0. The van der Waals surface area contributed by atoms with Crippen molar-refractivity contribution in [1.82, 2.24) is 19.2 Å². The fraction of sp³-hybridized carbons (Fsp3) is 0.400. The van der Waals surface area contributed by atoms with Crippen LogP contribution in [0.25, 0.3) is 5.52 Å². The summed E-state index contributed by atoms with van der Waals surface area (Å²) in [4.78, 5) is 26.8. The van der Waals surface area contributed by atoms with Crippen molar-refractivity contribution in [3.05, 3.63) is 28.2 Å². The minimum atomic E-state index is -1.08. The van der Waals surface area contributed by atoms with Gasteiger partial charge in [0.25, 0.3) is 5.56 Å². The number of aryl methyl sites for hydroxylation is 2. The van der Waals surface area contributed by atoms with E-state index in [1.165, 1.54) is 10.8 Å². The molecule has 0 unspecified atom stereocenters. The minimum Gasteiger partial charge on any atom is -0.480 e. The molecule has 0 bridgehead atoms. The first kappa shape index (κ1) is 11.3. The van der Waals surface area contributed by atoms with Crippen LogP contribution in [0.3, 0.4) is 0 Å². The lowest BCUT2D eigenvalue weighted by Gasteiger charge is -2.02. The van der Waals surface area contributed by atoms with Gasteiger partial charge in [-0.3, -0.25) is 14.2 Å². The molecule has 2 heterocycles. The van der Waals surface area contributed by atoms with Gasteiger partial charge in [-0.25, -0.2) is 9.50 Å². The van der Waals surface area contributed by atoms with Gasteiger partial charge in [0, 0.05) is 6.42 Å². The molecule has 0 amide bonds. The number of imidazole rings is 1. The second kappa shape index (κ2) is 4.00. The average molecular weight is 236 g/mol. The summed E-state index contributed by atoms with van der Waals surface area (Å²) < 4.78 is 2.53. The van der Waals surface area contributed by atoms with E-state index in [0.29, 0.717) is 23.5 Å². The van der Waals surface area contributed by atoms with E-state index in [4.69, 9.17) is 5.11 Å². The molecule has 0 radical (unpaired) electrons. The smallest absolute Gasteiger partial charge is 0.323 e. The summed E-state index contributed by atoms with van der Waals surface area (Å²) in [6.45, 7) is 3.23. The Hall–Kier alpha value is -2.18. The van der Waals surface area contributed by atoms with Gasteiger partial charge in [-0.05, 0) is 6.92 Å². The highest BCUT2D eigenvalue weighted by Gasteiger charge is 2.13. The molecule has 7 heteroatoms. The van der Waals surface area contributed by atoms with E-state index in [2.05, 4.69) is 10.1 Å². The predicted molar refractivity (Wildman–Crippen MR) is 59.0 cm³/mol. The molecule has 2 aromatic heterocycles. The monoisotopic (exact) mass is 236 g/mol. The summed E-state index contributed by atoms with van der Waals surface area (Å²) in [5.74, 6) is -0.386. The third kappa shape index (κ3) is 1.79. The van der Waals surface area contributed by atoms with Crippen molar-refractivity contribution in [1.29, 1.82) is 0 Å². The van der Waals surface area contributed by atoms with Crippen molar-refractivity contribution < 1.29 is 9.90 Å². The molecule has 0 aromatic carbocycles. The molecule has 0 fully saturated rings. The van der Waals surface area contributed by atoms with Crippen LogP contribution in [0, 0.1) is 6.92 Å². The van der Waals surface area contributed by atoms with Crippen molar-refractivity contribution in [2.24, 2.45) is 0 Å². The molecule has 7 nitrogen and oxygen atoms in total. The van der Waals surface area contributed by atoms with Crippen LogP contribution < -0.4 is 5.56 Å². The standard InChI is InChI=1S/C10H12N4O3/c1-3-7-12-6(2)9-10(17)13(4-8(15)16)5-11-14(7)9/h5H,3-4H2,1-2H3,(H,15,16). The zero-order valence-corrected chi connectivity index (χ0v) is 9.54. The molecule has 0 saturated carbocycles. The molecular formula is C10H12N4O3. The van der Waals surface area contributed by atoms with Crippen LogP contribution in [-0.2, 0) is 17.8 Å². The number of carbonyl (C=O) groups is 1. The maximum Gasteiger partial charge on any atom is 0.323 e. The Morgan fingerprint density at radius 3 is 2.82 bits per heavy atom. The third-order valence-corrected chi connectivity index (χ3v) is 2.49. The molecule has 17 heavy (non-hydrogen) atoms. The summed E-state index contributed by atoms with van der Waals surface area (Å²) in [7, 11) is 0. The van der Waals surface area contributed by atoms with Crippen molar-refractivity contribution in [3.8, 4) is 0 Å². The first-order valence-electron chi connectivity index (χ1n) is 5.20. The van der Waals surface area contributed by atoms with Gasteiger partial charge >= 0.3 is 5.97 Å². The second-order valence-electron chi connectivity index (χ2n) is 3.69. The van der Waals surface area contributed by atoms with Crippen LogP contribution in [0.1, 0.15) is 18.4 Å². The number of aliphatic carboxylic acids is 1. The third-order valence-electron chi connectivity index (χ3n) is 2.49. The lowest BCUT2D eigenvalue weighted by atomic mass is 10.4. The van der Waals surface area contributed by atoms with E-state index in [1.54, 1.807) is 6.92 Å². The lowest BCUT2D eigenvalue weighted by molar-refractivity contribution is -0.137. The highest BCUT2D eigenvalue weighted by molar-refractivity contribution is 5.66. The molecule has 0 saturated heterocycles. The summed E-state index contributed by atoms with van der Waals surface area (Å²) in [5.41, 5.74) is 0.525. The SMILES string of the molecule is CCc1nc(C)c2c(=O)n(CC(=O)O)cnn12. The van der Waals surface area contributed by atoms with E-state index in [9.17, 15) is 9.59 Å². The van der Waals surface area contributed by atoms with E-state index in [0.717, 1.165) is 4.57 Å². The normalized spacial score (nSPS) is 10.9. The Labute approximate surface area is 96.3 Å². The Morgan fingerprint density at radius 1 is 1.53 bits per heavy atom. The Morgan fingerprint density at radius 2 is 2.24 bits per heavy atom. The number of hydrogen-bond donors (Lipinski definition) is 1. The molecule has 2 aromatic rings. The number of nitrogens with zero attached hydrogens (tertiary/aromatic N) is 4. The van der Waals surface area contributed by atoms with E-state index in [-0.39, 0.29) is 5.56 Å². The zero-order chi connectivity index (χ0) is 12.6. The van der Waals surface area contributed by atoms with Gasteiger partial charge in [0.15, 0.2) is 5.52 Å². The van der Waals surface area contributed by atoms with Crippen molar-refractivity contribution in [2.45, 2.75) is 26.8 Å². The predicted octanol–water partition coefficient (Wildman–Crippen LogP) is -0.154. The molecule has 0 aliphatic rings. The van der Waals surface area contributed by atoms with Crippen LogP contribution in [0.4, 0.5) is 0 Å². The molecule has 1 N–H and O–H groups in total. The summed E-state index contributed by atoms with van der Waals surface area (Å²) >= 11 is 0. The van der Waals surface area contributed by atoms with Crippen LogP contribution in [0.5, 0.6) is 0 Å². The molecule has 90 valence electrons. The van der Waals surface area contributed by atoms with Crippen LogP contribution in [-0.4, -0.2) is 30.2 Å². The largest absolute Gasteiger partial charge is 0.480 e. The van der Waals surface area contributed by atoms with E-state index >= 15 is 0 Å². The average Bonchev–Trinajstić information content (AvgIpc) is 2.59. The summed E-state index contributed by atoms with van der Waals surface area (Å²) in [6, 6.07) is 0. The Kier molecular flexibility index (Phi) is 2.66. The van der Waals surface area contributed by atoms with Gasteiger partial charge in [-0.2, -0.15) is 5.10 Å². The van der Waals surface area contributed by atoms with Crippen LogP contribution >= 0.6 is 0 Å². The zero-order valence-electron chi connectivity index (χ0n) is 9.54. The quantitative estimate of drug-likeness (QED) is 0.800. The minimum absolute atomic E-state index is 0.339. The van der Waals surface area contributed by atoms with Gasteiger partial charge in [0.2, 0.25) is 0 Å².